The Morgan fingerprint density at radius 1 is 1.23 bits per heavy atom. The van der Waals surface area contributed by atoms with Crippen LogP contribution in [0.5, 0.6) is 0 Å². The van der Waals surface area contributed by atoms with Crippen molar-refractivity contribution in [2.45, 2.75) is 19.8 Å². The van der Waals surface area contributed by atoms with Crippen molar-refractivity contribution in [3.63, 3.8) is 0 Å². The van der Waals surface area contributed by atoms with Crippen LogP contribution in [0.2, 0.25) is 0 Å². The summed E-state index contributed by atoms with van der Waals surface area (Å²) >= 11 is 0. The maximum atomic E-state index is 10.00. The van der Waals surface area contributed by atoms with Crippen LogP contribution in [0, 0.1) is 0 Å². The molecule has 0 fully saturated rings. The van der Waals surface area contributed by atoms with Gasteiger partial charge in [-0.25, -0.2) is 4.18 Å². The van der Waals surface area contributed by atoms with Crippen LogP contribution in [0.4, 0.5) is 0 Å². The van der Waals surface area contributed by atoms with Gasteiger partial charge in [0.25, 0.3) is 0 Å². The van der Waals surface area contributed by atoms with Crippen molar-refractivity contribution in [1.29, 1.82) is 0 Å². The van der Waals surface area contributed by atoms with E-state index in [1.807, 2.05) is 6.92 Å². The summed E-state index contributed by atoms with van der Waals surface area (Å²) in [4.78, 5) is 0. The maximum absolute atomic E-state index is 10.00. The first-order valence-electron chi connectivity index (χ1n) is 3.76. The molecule has 7 heteroatoms. The second-order valence-corrected chi connectivity index (χ2v) is 3.31. The Balaban J connectivity index is 0. The molecule has 0 radical (unpaired) electrons. The summed E-state index contributed by atoms with van der Waals surface area (Å²) in [7, 11) is -4.30. The Kier molecular flexibility index (Phi) is 12.2. The second kappa shape index (κ2) is 9.64. The summed E-state index contributed by atoms with van der Waals surface area (Å²) in [5.74, 6) is 0. The average Bonchev–Trinajstić information content (AvgIpc) is 1.94. The van der Waals surface area contributed by atoms with Crippen molar-refractivity contribution in [2.24, 2.45) is 0 Å². The summed E-state index contributed by atoms with van der Waals surface area (Å²) in [6, 6.07) is 0. The third-order valence-electron chi connectivity index (χ3n) is 1.10. The fourth-order valence-electron chi connectivity index (χ4n) is 0.547. The van der Waals surface area contributed by atoms with Crippen molar-refractivity contribution in [3.05, 3.63) is 0 Å². The predicted octanol–water partition coefficient (Wildman–Crippen LogP) is -0.294. The topological polar surface area (TPSA) is 72.8 Å². The zero-order valence-corrected chi connectivity index (χ0v) is 7.84. The summed E-state index contributed by atoms with van der Waals surface area (Å²) in [5, 5.41) is 0. The Labute approximate surface area is 109 Å². The predicted molar refractivity (Wildman–Crippen MR) is 51.8 cm³/mol. The third kappa shape index (κ3) is 15.8. The van der Waals surface area contributed by atoms with E-state index in [1.165, 1.54) is 0 Å². The van der Waals surface area contributed by atoms with E-state index >= 15 is 0 Å². The molecule has 0 heterocycles. The van der Waals surface area contributed by atoms with Crippen LogP contribution in [0.25, 0.3) is 0 Å². The standard InChI is InChI=1S/C6H14O5S.Ca.2H/c1-2-3-4-10-5-6-11-12(7,8)9;;;/h2-6H2,1H3,(H,7,8,9);;;. The van der Waals surface area contributed by atoms with Crippen LogP contribution in [-0.4, -0.2) is 70.5 Å². The van der Waals surface area contributed by atoms with Gasteiger partial charge in [-0.05, 0) is 6.42 Å². The van der Waals surface area contributed by atoms with Gasteiger partial charge in [-0.2, -0.15) is 8.42 Å². The minimum atomic E-state index is -4.30. The molecule has 0 aromatic heterocycles. The van der Waals surface area contributed by atoms with Crippen LogP contribution in [0.3, 0.4) is 0 Å². The Bertz CT molecular complexity index is 191. The van der Waals surface area contributed by atoms with Crippen molar-refractivity contribution < 1.29 is 21.9 Å². The molecule has 0 unspecified atom stereocenters. The monoisotopic (exact) mass is 240 g/mol. The molecule has 0 rings (SSSR count). The zero-order chi connectivity index (χ0) is 9.45. The normalized spacial score (nSPS) is 10.9. The van der Waals surface area contributed by atoms with Crippen LogP contribution in [0.15, 0.2) is 0 Å². The molecule has 0 aromatic rings. The molecule has 0 bridgehead atoms. The van der Waals surface area contributed by atoms with E-state index in [0.29, 0.717) is 6.61 Å². The van der Waals surface area contributed by atoms with Crippen molar-refractivity contribution in [2.75, 3.05) is 19.8 Å². The van der Waals surface area contributed by atoms with E-state index in [2.05, 4.69) is 4.18 Å². The van der Waals surface area contributed by atoms with E-state index in [0.717, 1.165) is 12.8 Å². The second-order valence-electron chi connectivity index (χ2n) is 2.22. The number of hydrogen-bond donors (Lipinski definition) is 1. The number of rotatable bonds is 7. The van der Waals surface area contributed by atoms with Gasteiger partial charge in [0.1, 0.15) is 0 Å². The molecule has 0 saturated heterocycles. The molecule has 0 saturated carbocycles. The molecule has 5 nitrogen and oxygen atoms in total. The van der Waals surface area contributed by atoms with Crippen LogP contribution >= 0.6 is 0 Å². The van der Waals surface area contributed by atoms with Crippen LogP contribution in [-0.2, 0) is 19.3 Å². The van der Waals surface area contributed by atoms with Gasteiger partial charge in [0, 0.05) is 6.61 Å². The van der Waals surface area contributed by atoms with Gasteiger partial charge < -0.3 is 4.74 Å². The van der Waals surface area contributed by atoms with Crippen LogP contribution in [0.1, 0.15) is 19.8 Å². The fraction of sp³-hybridized carbons (Fsp3) is 1.00. The average molecular weight is 240 g/mol. The molecule has 0 atom stereocenters. The quantitative estimate of drug-likeness (QED) is 0.376. The van der Waals surface area contributed by atoms with Gasteiger partial charge in [-0.1, -0.05) is 13.3 Å². The SMILES string of the molecule is CCCCOCCOS(=O)(=O)O.[CaH2]. The minimum absolute atomic E-state index is 0. The Hall–Kier alpha value is 1.09. The first-order chi connectivity index (χ1) is 5.56. The molecule has 0 aliphatic rings. The number of ether oxygens (including phenoxy) is 1. The van der Waals surface area contributed by atoms with E-state index in [1.54, 1.807) is 0 Å². The molecule has 0 amide bonds. The Morgan fingerprint density at radius 2 is 1.85 bits per heavy atom. The molecule has 0 aromatic carbocycles. The summed E-state index contributed by atoms with van der Waals surface area (Å²) in [5.41, 5.74) is 0. The van der Waals surface area contributed by atoms with Crippen molar-refractivity contribution in [3.8, 4) is 0 Å². The first-order valence-corrected chi connectivity index (χ1v) is 5.12. The van der Waals surface area contributed by atoms with Gasteiger partial charge in [-0.15, -0.1) is 0 Å². The summed E-state index contributed by atoms with van der Waals surface area (Å²) in [6.45, 7) is 2.66. The van der Waals surface area contributed by atoms with Gasteiger partial charge in [0.05, 0.1) is 13.2 Å². The molecule has 13 heavy (non-hydrogen) atoms. The van der Waals surface area contributed by atoms with Crippen LogP contribution < -0.4 is 0 Å². The van der Waals surface area contributed by atoms with Gasteiger partial charge >= 0.3 is 48.1 Å². The molecule has 0 spiro atoms. The van der Waals surface area contributed by atoms with Gasteiger partial charge in [0.15, 0.2) is 0 Å². The van der Waals surface area contributed by atoms with Crippen molar-refractivity contribution >= 4 is 48.1 Å². The number of unbranched alkanes of at least 4 members (excludes halogenated alkanes) is 1. The van der Waals surface area contributed by atoms with Gasteiger partial charge in [0.2, 0.25) is 0 Å². The molecular weight excluding hydrogens is 224 g/mol. The summed E-state index contributed by atoms with van der Waals surface area (Å²) in [6.07, 6.45) is 1.96. The molecular formula is C6H16CaO5S. The van der Waals surface area contributed by atoms with Gasteiger partial charge in [-0.3, -0.25) is 4.55 Å². The molecule has 0 aliphatic heterocycles. The molecule has 78 valence electrons. The zero-order valence-electron chi connectivity index (χ0n) is 7.02. The fourth-order valence-corrected chi connectivity index (χ4v) is 0.825. The number of hydrogen-bond acceptors (Lipinski definition) is 4. The molecule has 0 aliphatic carbocycles. The summed E-state index contributed by atoms with van der Waals surface area (Å²) < 4.78 is 37.1. The Morgan fingerprint density at radius 3 is 2.31 bits per heavy atom. The van der Waals surface area contributed by atoms with E-state index in [4.69, 9.17) is 9.29 Å². The van der Waals surface area contributed by atoms with E-state index in [-0.39, 0.29) is 51.0 Å². The van der Waals surface area contributed by atoms with E-state index < -0.39 is 10.4 Å². The van der Waals surface area contributed by atoms with Crippen molar-refractivity contribution in [1.82, 2.24) is 0 Å². The third-order valence-corrected chi connectivity index (χ3v) is 1.57. The first kappa shape index (κ1) is 16.5. The molecule has 1 N–H and O–H groups in total. The van der Waals surface area contributed by atoms with E-state index in [9.17, 15) is 8.42 Å².